The molecule has 46 heavy (non-hydrogen) atoms. The second kappa shape index (κ2) is 17.3. The fourth-order valence-electron chi connectivity index (χ4n) is 4.60. The van der Waals surface area contributed by atoms with E-state index in [1.54, 1.807) is 79.8 Å². The summed E-state index contributed by atoms with van der Waals surface area (Å²) >= 11 is 6.57. The van der Waals surface area contributed by atoms with Gasteiger partial charge in [0, 0.05) is 17.0 Å². The van der Waals surface area contributed by atoms with Crippen molar-refractivity contribution in [1.82, 2.24) is 10.6 Å². The highest BCUT2D eigenvalue weighted by molar-refractivity contribution is 6.31. The van der Waals surface area contributed by atoms with Crippen molar-refractivity contribution < 1.29 is 38.1 Å². The molecule has 0 aromatic heterocycles. The van der Waals surface area contributed by atoms with Crippen LogP contribution in [0, 0.1) is 0 Å². The van der Waals surface area contributed by atoms with Gasteiger partial charge in [0.05, 0.1) is 0 Å². The number of hydrogen-bond donors (Lipinski definition) is 2. The van der Waals surface area contributed by atoms with E-state index in [2.05, 4.69) is 10.6 Å². The molecule has 0 bridgehead atoms. The lowest BCUT2D eigenvalue weighted by molar-refractivity contribution is -0.166. The highest BCUT2D eigenvalue weighted by Crippen LogP contribution is 2.38. The van der Waals surface area contributed by atoms with Crippen LogP contribution in [0.2, 0.25) is 5.02 Å². The van der Waals surface area contributed by atoms with Crippen molar-refractivity contribution in [2.75, 3.05) is 13.6 Å². The largest absolute Gasteiger partial charge is 0.460 e. The van der Waals surface area contributed by atoms with Crippen LogP contribution in [0.1, 0.15) is 91.7 Å². The van der Waals surface area contributed by atoms with Gasteiger partial charge in [-0.2, -0.15) is 0 Å². The van der Waals surface area contributed by atoms with Gasteiger partial charge in [-0.15, -0.1) is 0 Å². The Balaban J connectivity index is 2.28. The number of hydrogen-bond acceptors (Lipinski definition) is 9. The van der Waals surface area contributed by atoms with Gasteiger partial charge in [0.1, 0.15) is 17.2 Å². The molecular formula is C35H49ClN2O8. The van der Waals surface area contributed by atoms with E-state index >= 15 is 0 Å². The monoisotopic (exact) mass is 660 g/mol. The van der Waals surface area contributed by atoms with Crippen molar-refractivity contribution in [3.63, 3.8) is 0 Å². The summed E-state index contributed by atoms with van der Waals surface area (Å²) < 4.78 is 22.5. The number of halogens is 1. The number of esters is 3. The fraction of sp³-hybridized carbons (Fsp3) is 0.543. The fourth-order valence-corrected chi connectivity index (χ4v) is 4.92. The lowest BCUT2D eigenvalue weighted by atomic mass is 9.87. The van der Waals surface area contributed by atoms with Gasteiger partial charge in [0.25, 0.3) is 0 Å². The second-order valence-electron chi connectivity index (χ2n) is 13.1. The molecule has 2 aromatic carbocycles. The van der Waals surface area contributed by atoms with Crippen molar-refractivity contribution in [2.24, 2.45) is 0 Å². The zero-order chi connectivity index (χ0) is 34.5. The minimum atomic E-state index is -1.33. The molecule has 3 atom stereocenters. The van der Waals surface area contributed by atoms with Gasteiger partial charge in [0.15, 0.2) is 5.60 Å². The smallest absolute Gasteiger partial charge is 0.408 e. The van der Waals surface area contributed by atoms with Crippen molar-refractivity contribution in [3.8, 4) is 0 Å². The molecule has 0 aliphatic rings. The molecule has 0 aliphatic carbocycles. The first kappa shape index (κ1) is 38.6. The summed E-state index contributed by atoms with van der Waals surface area (Å²) in [6.07, 6.45) is -1.36. The second-order valence-corrected chi connectivity index (χ2v) is 13.6. The van der Waals surface area contributed by atoms with E-state index < -0.39 is 53.0 Å². The van der Waals surface area contributed by atoms with Crippen LogP contribution in [0.4, 0.5) is 4.79 Å². The van der Waals surface area contributed by atoms with Crippen LogP contribution in [-0.2, 0) is 38.9 Å². The average Bonchev–Trinajstić information content (AvgIpc) is 2.95. The van der Waals surface area contributed by atoms with E-state index in [1.165, 1.54) is 0 Å². The summed E-state index contributed by atoms with van der Waals surface area (Å²) in [4.78, 5) is 52.3. The Kier molecular flexibility index (Phi) is 14.5. The molecule has 0 radical (unpaired) electrons. The first-order valence-corrected chi connectivity index (χ1v) is 15.9. The normalized spacial score (nSPS) is 14.3. The summed E-state index contributed by atoms with van der Waals surface area (Å²) in [6.45, 7) is 12.7. The van der Waals surface area contributed by atoms with E-state index in [-0.39, 0.29) is 25.7 Å². The predicted octanol–water partition coefficient (Wildman–Crippen LogP) is 6.46. The van der Waals surface area contributed by atoms with Crippen LogP contribution in [0.3, 0.4) is 0 Å². The lowest BCUT2D eigenvalue weighted by Crippen LogP contribution is -2.47. The van der Waals surface area contributed by atoms with Crippen molar-refractivity contribution in [2.45, 2.75) is 110 Å². The van der Waals surface area contributed by atoms with Gasteiger partial charge in [-0.1, -0.05) is 60.1 Å². The SMILES string of the molecule is CNCCC[C@H](NC(=O)O[C@@H](CCCC(=O)OC(C)(C)C)C(=O)OC(C)(C)C)C(=O)OC(C)(c1ccccc1)c1ccccc1Cl. The Hall–Kier alpha value is -3.63. The third-order valence-corrected chi connectivity index (χ3v) is 7.03. The number of nitrogens with one attached hydrogen (secondary N) is 2. The molecule has 2 rings (SSSR count). The number of benzene rings is 2. The maximum Gasteiger partial charge on any atom is 0.408 e. The maximum absolute atomic E-state index is 13.8. The lowest BCUT2D eigenvalue weighted by Gasteiger charge is -2.33. The van der Waals surface area contributed by atoms with Gasteiger partial charge < -0.3 is 29.6 Å². The first-order valence-electron chi connectivity index (χ1n) is 15.5. The van der Waals surface area contributed by atoms with E-state index in [9.17, 15) is 19.2 Å². The standard InChI is InChI=1S/C35H49ClN2O8/c1-33(2,3)44-29(39)22-14-21-28(31(41)45-34(4,5)6)43-32(42)38-27(20-15-23-37-8)30(40)46-35(7,24-16-10-9-11-17-24)25-18-12-13-19-26(25)36/h9-13,16-19,27-28,37H,14-15,20-23H2,1-8H3,(H,38,42)/t27-,28-,35?/m0/s1. The van der Waals surface area contributed by atoms with Crippen LogP contribution in [0.5, 0.6) is 0 Å². The van der Waals surface area contributed by atoms with Gasteiger partial charge in [-0.05, 0) is 99.4 Å². The number of rotatable bonds is 15. The van der Waals surface area contributed by atoms with Crippen molar-refractivity contribution in [3.05, 3.63) is 70.7 Å². The average molecular weight is 661 g/mol. The Morgan fingerprint density at radius 1 is 0.761 bits per heavy atom. The summed E-state index contributed by atoms with van der Waals surface area (Å²) in [6, 6.07) is 15.1. The van der Waals surface area contributed by atoms with E-state index in [0.29, 0.717) is 29.1 Å². The summed E-state index contributed by atoms with van der Waals surface area (Å²) in [7, 11) is 1.78. The summed E-state index contributed by atoms with van der Waals surface area (Å²) in [5.74, 6) is -1.91. The molecule has 2 N–H and O–H groups in total. The van der Waals surface area contributed by atoms with Crippen LogP contribution in [-0.4, -0.2) is 60.9 Å². The number of amides is 1. The van der Waals surface area contributed by atoms with E-state index in [4.69, 9.17) is 30.5 Å². The Bertz CT molecular complexity index is 1310. The quantitative estimate of drug-likeness (QED) is 0.126. The maximum atomic E-state index is 13.8. The molecule has 254 valence electrons. The minimum absolute atomic E-state index is 0.00896. The molecule has 0 saturated heterocycles. The molecule has 1 unspecified atom stereocenters. The van der Waals surface area contributed by atoms with Crippen LogP contribution in [0.15, 0.2) is 54.6 Å². The van der Waals surface area contributed by atoms with Crippen LogP contribution >= 0.6 is 11.6 Å². The third-order valence-electron chi connectivity index (χ3n) is 6.70. The molecule has 1 amide bonds. The number of ether oxygens (including phenoxy) is 4. The van der Waals surface area contributed by atoms with E-state index in [0.717, 1.165) is 0 Å². The number of carbonyl (C=O) groups excluding carboxylic acids is 4. The van der Waals surface area contributed by atoms with Crippen LogP contribution < -0.4 is 10.6 Å². The molecule has 11 heteroatoms. The van der Waals surface area contributed by atoms with Gasteiger partial charge in [-0.25, -0.2) is 14.4 Å². The minimum Gasteiger partial charge on any atom is -0.460 e. The zero-order valence-electron chi connectivity index (χ0n) is 28.2. The molecule has 0 aliphatic heterocycles. The zero-order valence-corrected chi connectivity index (χ0v) is 29.0. The highest BCUT2D eigenvalue weighted by Gasteiger charge is 2.38. The van der Waals surface area contributed by atoms with Gasteiger partial charge >= 0.3 is 24.0 Å². The number of alkyl carbamates (subject to hydrolysis) is 1. The molecule has 0 fully saturated rings. The molecule has 10 nitrogen and oxygen atoms in total. The van der Waals surface area contributed by atoms with Gasteiger partial charge in [0.2, 0.25) is 6.10 Å². The predicted molar refractivity (Wildman–Crippen MR) is 176 cm³/mol. The Morgan fingerprint density at radius 2 is 1.37 bits per heavy atom. The highest BCUT2D eigenvalue weighted by atomic mass is 35.5. The third kappa shape index (κ3) is 13.0. The first-order chi connectivity index (χ1) is 21.4. The molecule has 0 spiro atoms. The van der Waals surface area contributed by atoms with Crippen molar-refractivity contribution >= 4 is 35.6 Å². The Morgan fingerprint density at radius 3 is 1.96 bits per heavy atom. The molecular weight excluding hydrogens is 612 g/mol. The van der Waals surface area contributed by atoms with Crippen molar-refractivity contribution in [1.29, 1.82) is 0 Å². The summed E-state index contributed by atoms with van der Waals surface area (Å²) in [5, 5.41) is 6.03. The van der Waals surface area contributed by atoms with Crippen LogP contribution in [0.25, 0.3) is 0 Å². The molecule has 2 aromatic rings. The van der Waals surface area contributed by atoms with E-state index in [1.807, 2.05) is 30.3 Å². The Labute approximate surface area is 277 Å². The number of carbonyl (C=O) groups is 4. The van der Waals surface area contributed by atoms with Gasteiger partial charge in [-0.3, -0.25) is 4.79 Å². The molecule has 0 saturated carbocycles. The summed E-state index contributed by atoms with van der Waals surface area (Å²) in [5.41, 5.74) is -1.53. The molecule has 0 heterocycles. The topological polar surface area (TPSA) is 129 Å².